The first kappa shape index (κ1) is 11.4. The summed E-state index contributed by atoms with van der Waals surface area (Å²) < 4.78 is 26.4. The highest BCUT2D eigenvalue weighted by atomic mass is 79.9. The van der Waals surface area contributed by atoms with Crippen LogP contribution < -0.4 is 0 Å². The fraction of sp³-hybridized carbons (Fsp3) is 0. The smallest absolute Gasteiger partial charge is 0.203 e. The third kappa shape index (κ3) is 2.20. The van der Waals surface area contributed by atoms with E-state index in [4.69, 9.17) is 0 Å². The van der Waals surface area contributed by atoms with E-state index in [1.807, 2.05) is 0 Å². The molecule has 1 heterocycles. The fourth-order valence-corrected chi connectivity index (χ4v) is 2.60. The van der Waals surface area contributed by atoms with Gasteiger partial charge in [-0.2, -0.15) is 0 Å². The fourth-order valence-electron chi connectivity index (χ4n) is 1.21. The van der Waals surface area contributed by atoms with Crippen LogP contribution in [0.5, 0.6) is 0 Å². The number of carbonyl (C=O) groups is 1. The lowest BCUT2D eigenvalue weighted by molar-refractivity contribution is 0.104. The Balaban J connectivity index is 2.38. The Morgan fingerprint density at radius 2 is 1.94 bits per heavy atom. The van der Waals surface area contributed by atoms with Crippen LogP contribution in [0.2, 0.25) is 0 Å². The number of ketones is 1. The Bertz CT molecular complexity index is 551. The third-order valence-electron chi connectivity index (χ3n) is 1.97. The second-order valence-corrected chi connectivity index (χ2v) is 4.91. The summed E-state index contributed by atoms with van der Waals surface area (Å²) in [5.74, 6) is -2.28. The molecule has 1 aromatic heterocycles. The summed E-state index contributed by atoms with van der Waals surface area (Å²) in [6.45, 7) is 0. The minimum absolute atomic E-state index is 0.147. The van der Waals surface area contributed by atoms with Gasteiger partial charge in [0, 0.05) is 15.4 Å². The summed E-state index contributed by atoms with van der Waals surface area (Å²) in [6.07, 6.45) is 0. The van der Waals surface area contributed by atoms with Gasteiger partial charge in [-0.3, -0.25) is 4.79 Å². The molecule has 1 aromatic carbocycles. The number of benzene rings is 1. The van der Waals surface area contributed by atoms with Gasteiger partial charge in [0.1, 0.15) is 0 Å². The number of rotatable bonds is 2. The second kappa shape index (κ2) is 4.43. The Kier molecular flexibility index (Phi) is 3.16. The molecule has 16 heavy (non-hydrogen) atoms. The molecule has 82 valence electrons. The van der Waals surface area contributed by atoms with Crippen molar-refractivity contribution in [2.24, 2.45) is 0 Å². The van der Waals surface area contributed by atoms with Crippen LogP contribution in [0.1, 0.15) is 15.2 Å². The van der Waals surface area contributed by atoms with Gasteiger partial charge in [-0.25, -0.2) is 8.78 Å². The van der Waals surface area contributed by atoms with Crippen LogP contribution in [0.3, 0.4) is 0 Å². The molecule has 0 saturated heterocycles. The molecule has 2 aromatic rings. The zero-order valence-electron chi connectivity index (χ0n) is 7.84. The van der Waals surface area contributed by atoms with Gasteiger partial charge in [-0.05, 0) is 40.2 Å². The maximum atomic E-state index is 12.9. The summed E-state index contributed by atoms with van der Waals surface area (Å²) in [4.78, 5) is 12.3. The third-order valence-corrected chi connectivity index (χ3v) is 3.66. The van der Waals surface area contributed by atoms with Gasteiger partial charge in [0.15, 0.2) is 11.6 Å². The van der Waals surface area contributed by atoms with Gasteiger partial charge >= 0.3 is 0 Å². The number of carbonyl (C=O) groups excluding carboxylic acids is 1. The predicted octanol–water partition coefficient (Wildman–Crippen LogP) is 4.02. The van der Waals surface area contributed by atoms with E-state index in [0.717, 1.165) is 16.6 Å². The minimum atomic E-state index is -1.01. The highest BCUT2D eigenvalue weighted by Gasteiger charge is 2.13. The van der Waals surface area contributed by atoms with E-state index in [0.29, 0.717) is 4.88 Å². The Labute approximate surface area is 103 Å². The van der Waals surface area contributed by atoms with Crippen molar-refractivity contribution in [2.45, 2.75) is 0 Å². The topological polar surface area (TPSA) is 17.1 Å². The molecule has 0 saturated carbocycles. The molecular formula is C11H5BrF2OS. The lowest BCUT2D eigenvalue weighted by Gasteiger charge is -1.98. The molecule has 0 amide bonds. The SMILES string of the molecule is O=C(c1ccc(F)c(F)c1)c1cc(Br)cs1. The standard InChI is InChI=1S/C11H5BrF2OS/c12-7-4-10(16-5-7)11(15)6-1-2-8(13)9(14)3-6/h1-5H. The summed E-state index contributed by atoms with van der Waals surface area (Å²) >= 11 is 4.47. The van der Waals surface area contributed by atoms with Crippen molar-refractivity contribution < 1.29 is 13.6 Å². The zero-order chi connectivity index (χ0) is 11.7. The molecule has 5 heteroatoms. The summed E-state index contributed by atoms with van der Waals surface area (Å²) in [6, 6.07) is 4.78. The lowest BCUT2D eigenvalue weighted by atomic mass is 10.1. The van der Waals surface area contributed by atoms with Gasteiger partial charge < -0.3 is 0 Å². The molecule has 2 rings (SSSR count). The van der Waals surface area contributed by atoms with Crippen molar-refractivity contribution in [3.05, 3.63) is 56.2 Å². The number of thiophene rings is 1. The van der Waals surface area contributed by atoms with E-state index in [2.05, 4.69) is 15.9 Å². The largest absolute Gasteiger partial charge is 0.288 e. The van der Waals surface area contributed by atoms with E-state index < -0.39 is 11.6 Å². The molecule has 0 radical (unpaired) electrons. The summed E-state index contributed by atoms with van der Waals surface area (Å²) in [5.41, 5.74) is 0.147. The molecule has 0 aliphatic heterocycles. The monoisotopic (exact) mass is 302 g/mol. The van der Waals surface area contributed by atoms with Crippen molar-refractivity contribution in [3.63, 3.8) is 0 Å². The zero-order valence-corrected chi connectivity index (χ0v) is 10.2. The highest BCUT2D eigenvalue weighted by Crippen LogP contribution is 2.23. The van der Waals surface area contributed by atoms with Crippen LogP contribution in [0.25, 0.3) is 0 Å². The van der Waals surface area contributed by atoms with Crippen molar-refractivity contribution in [2.75, 3.05) is 0 Å². The van der Waals surface area contributed by atoms with E-state index in [1.54, 1.807) is 11.4 Å². The predicted molar refractivity (Wildman–Crippen MR) is 61.8 cm³/mol. The Morgan fingerprint density at radius 3 is 2.50 bits per heavy atom. The van der Waals surface area contributed by atoms with Crippen LogP contribution in [0.4, 0.5) is 8.78 Å². The molecule has 1 nitrogen and oxygen atoms in total. The van der Waals surface area contributed by atoms with E-state index >= 15 is 0 Å². The van der Waals surface area contributed by atoms with E-state index in [-0.39, 0.29) is 11.3 Å². The first-order chi connectivity index (χ1) is 7.58. The summed E-state index contributed by atoms with van der Waals surface area (Å²) in [5, 5.41) is 1.76. The van der Waals surface area contributed by atoms with Gasteiger partial charge in [0.25, 0.3) is 0 Å². The van der Waals surface area contributed by atoms with Crippen molar-refractivity contribution >= 4 is 33.0 Å². The van der Waals surface area contributed by atoms with Gasteiger partial charge in [0.2, 0.25) is 5.78 Å². The average Bonchev–Trinajstić information content (AvgIpc) is 2.68. The summed E-state index contributed by atoms with van der Waals surface area (Å²) in [7, 11) is 0. The molecule has 0 N–H and O–H groups in total. The van der Waals surface area contributed by atoms with Crippen LogP contribution in [-0.2, 0) is 0 Å². The quantitative estimate of drug-likeness (QED) is 0.766. The molecule has 0 aliphatic rings. The van der Waals surface area contributed by atoms with E-state index in [9.17, 15) is 13.6 Å². The highest BCUT2D eigenvalue weighted by molar-refractivity contribution is 9.10. The number of halogens is 3. The van der Waals surface area contributed by atoms with Crippen molar-refractivity contribution in [1.82, 2.24) is 0 Å². The molecule has 0 spiro atoms. The Morgan fingerprint density at radius 1 is 1.19 bits per heavy atom. The number of hydrogen-bond acceptors (Lipinski definition) is 2. The van der Waals surface area contributed by atoms with Crippen LogP contribution in [-0.4, -0.2) is 5.78 Å². The van der Waals surface area contributed by atoms with Crippen molar-refractivity contribution in [1.29, 1.82) is 0 Å². The number of hydrogen-bond donors (Lipinski definition) is 0. The van der Waals surface area contributed by atoms with Crippen molar-refractivity contribution in [3.8, 4) is 0 Å². The van der Waals surface area contributed by atoms with Crippen LogP contribution in [0.15, 0.2) is 34.1 Å². The van der Waals surface area contributed by atoms with Gasteiger partial charge in [0.05, 0.1) is 4.88 Å². The molecule has 0 aliphatic carbocycles. The van der Waals surface area contributed by atoms with Crippen LogP contribution >= 0.6 is 27.3 Å². The maximum absolute atomic E-state index is 12.9. The second-order valence-electron chi connectivity index (χ2n) is 3.09. The first-order valence-corrected chi connectivity index (χ1v) is 5.99. The van der Waals surface area contributed by atoms with Gasteiger partial charge in [-0.1, -0.05) is 0 Å². The lowest BCUT2D eigenvalue weighted by Crippen LogP contribution is -2.00. The minimum Gasteiger partial charge on any atom is -0.288 e. The normalized spacial score (nSPS) is 10.4. The maximum Gasteiger partial charge on any atom is 0.203 e. The van der Waals surface area contributed by atoms with E-state index in [1.165, 1.54) is 17.4 Å². The molecular weight excluding hydrogens is 298 g/mol. The first-order valence-electron chi connectivity index (χ1n) is 4.31. The average molecular weight is 303 g/mol. The van der Waals surface area contributed by atoms with Gasteiger partial charge in [-0.15, -0.1) is 11.3 Å². The Hall–Kier alpha value is -1.07. The molecule has 0 atom stereocenters. The molecule has 0 unspecified atom stereocenters. The molecule has 0 fully saturated rings. The molecule has 0 bridgehead atoms. The van der Waals surface area contributed by atoms with Crippen LogP contribution in [0, 0.1) is 11.6 Å².